The number of Topliss-reactive ketones (excluding diaryl/α,β-unsaturated/α-hetero) is 1. The zero-order valence-electron chi connectivity index (χ0n) is 15.0. The van der Waals surface area contributed by atoms with Crippen molar-refractivity contribution in [2.45, 2.75) is 18.8 Å². The maximum atomic E-state index is 13.4. The van der Waals surface area contributed by atoms with Crippen molar-refractivity contribution < 1.29 is 4.79 Å². The predicted molar refractivity (Wildman–Crippen MR) is 112 cm³/mol. The first-order chi connectivity index (χ1) is 13.6. The van der Waals surface area contributed by atoms with E-state index in [9.17, 15) is 9.59 Å². The van der Waals surface area contributed by atoms with Crippen LogP contribution in [0.4, 0.5) is 5.82 Å². The molecule has 0 amide bonds. The molecule has 0 unspecified atom stereocenters. The van der Waals surface area contributed by atoms with Gasteiger partial charge in [-0.15, -0.1) is 0 Å². The molecule has 1 aromatic heterocycles. The first-order valence-electron chi connectivity index (χ1n) is 9.29. The molecule has 2 N–H and O–H groups in total. The predicted octanol–water partition coefficient (Wildman–Crippen LogP) is 4.35. The van der Waals surface area contributed by atoms with Crippen molar-refractivity contribution in [1.29, 1.82) is 0 Å². The van der Waals surface area contributed by atoms with E-state index in [1.54, 1.807) is 4.68 Å². The standard InChI is InChI=1S/C22H18BrN3O2/c23-14-11-9-13(10-12-14)18-19-16(7-4-8-17(19)27)24-21-20(18)22(28)26(25-21)15-5-2-1-3-6-15/h1-3,5-7,9-12,18-19,24-25H,4,8H2/t18-,19-/m0/s1. The number of nitrogens with one attached hydrogen (secondary N) is 2. The smallest absolute Gasteiger partial charge is 0.277 e. The fourth-order valence-electron chi connectivity index (χ4n) is 4.25. The number of para-hydroxylation sites is 1. The molecule has 1 aliphatic carbocycles. The maximum absolute atomic E-state index is 13.4. The lowest BCUT2D eigenvalue weighted by Crippen LogP contribution is -2.36. The van der Waals surface area contributed by atoms with Crippen LogP contribution in [0.2, 0.25) is 0 Å². The third kappa shape index (κ3) is 2.67. The van der Waals surface area contributed by atoms with Gasteiger partial charge < -0.3 is 5.32 Å². The number of nitrogens with zero attached hydrogens (tertiary/aromatic N) is 1. The average Bonchev–Trinajstić information content (AvgIpc) is 3.04. The van der Waals surface area contributed by atoms with Gasteiger partial charge in [-0.25, -0.2) is 4.68 Å². The molecule has 2 atom stereocenters. The van der Waals surface area contributed by atoms with Crippen molar-refractivity contribution in [2.24, 2.45) is 5.92 Å². The number of benzene rings is 2. The van der Waals surface area contributed by atoms with E-state index in [0.717, 1.165) is 27.8 Å². The lowest BCUT2D eigenvalue weighted by atomic mass is 9.72. The van der Waals surface area contributed by atoms with Crippen molar-refractivity contribution in [3.63, 3.8) is 0 Å². The van der Waals surface area contributed by atoms with Gasteiger partial charge in [-0.3, -0.25) is 14.7 Å². The Hall–Kier alpha value is -2.86. The van der Waals surface area contributed by atoms with E-state index >= 15 is 0 Å². The first kappa shape index (κ1) is 17.3. The molecule has 5 rings (SSSR count). The summed E-state index contributed by atoms with van der Waals surface area (Å²) in [7, 11) is 0. The van der Waals surface area contributed by atoms with Crippen LogP contribution in [0, 0.1) is 5.92 Å². The molecular formula is C22H18BrN3O2. The number of anilines is 1. The van der Waals surface area contributed by atoms with Gasteiger partial charge in [0.15, 0.2) is 0 Å². The number of carbonyl (C=O) groups is 1. The molecule has 3 aromatic rings. The van der Waals surface area contributed by atoms with Crippen molar-refractivity contribution >= 4 is 27.5 Å². The zero-order chi connectivity index (χ0) is 19.3. The van der Waals surface area contributed by atoms with Crippen LogP contribution in [0.15, 0.2) is 75.6 Å². The Bertz CT molecular complexity index is 1140. The van der Waals surface area contributed by atoms with Crippen molar-refractivity contribution in [1.82, 2.24) is 9.78 Å². The Balaban J connectivity index is 1.75. The average molecular weight is 436 g/mol. The molecule has 0 saturated carbocycles. The second-order valence-corrected chi connectivity index (χ2v) is 8.09. The normalized spacial score (nSPS) is 20.8. The van der Waals surface area contributed by atoms with Crippen molar-refractivity contribution in [3.8, 4) is 5.69 Å². The molecule has 0 spiro atoms. The van der Waals surface area contributed by atoms with Crippen molar-refractivity contribution in [3.05, 3.63) is 92.3 Å². The highest BCUT2D eigenvalue weighted by molar-refractivity contribution is 9.10. The summed E-state index contributed by atoms with van der Waals surface area (Å²) in [5.74, 6) is 0.182. The second kappa shape index (κ2) is 6.63. The number of allylic oxidation sites excluding steroid dienone is 2. The summed E-state index contributed by atoms with van der Waals surface area (Å²) in [6, 6.07) is 17.4. The highest BCUT2D eigenvalue weighted by Gasteiger charge is 2.42. The van der Waals surface area contributed by atoms with Crippen LogP contribution in [0.25, 0.3) is 5.69 Å². The monoisotopic (exact) mass is 435 g/mol. The summed E-state index contributed by atoms with van der Waals surface area (Å²) >= 11 is 3.47. The number of ketones is 1. The van der Waals surface area contributed by atoms with Gasteiger partial charge in [0.05, 0.1) is 17.2 Å². The highest BCUT2D eigenvalue weighted by atomic mass is 79.9. The Morgan fingerprint density at radius 3 is 2.46 bits per heavy atom. The van der Waals surface area contributed by atoms with Crippen LogP contribution in [-0.4, -0.2) is 15.6 Å². The van der Waals surface area contributed by atoms with Gasteiger partial charge in [0.25, 0.3) is 5.56 Å². The Morgan fingerprint density at radius 1 is 0.964 bits per heavy atom. The van der Waals surface area contributed by atoms with E-state index in [-0.39, 0.29) is 23.2 Å². The van der Waals surface area contributed by atoms with E-state index in [4.69, 9.17) is 0 Å². The molecule has 1 aliphatic heterocycles. The summed E-state index contributed by atoms with van der Waals surface area (Å²) in [5.41, 5.74) is 3.11. The third-order valence-corrected chi connectivity index (χ3v) is 6.05. The molecule has 5 nitrogen and oxygen atoms in total. The molecule has 0 fully saturated rings. The third-order valence-electron chi connectivity index (χ3n) is 5.52. The van der Waals surface area contributed by atoms with Crippen LogP contribution in [-0.2, 0) is 4.79 Å². The molecule has 6 heteroatoms. The van der Waals surface area contributed by atoms with E-state index in [1.807, 2.05) is 54.6 Å². The molecule has 140 valence electrons. The number of H-pyrrole nitrogens is 1. The Morgan fingerprint density at radius 2 is 1.71 bits per heavy atom. The van der Waals surface area contributed by atoms with Crippen LogP contribution in [0.5, 0.6) is 0 Å². The number of fused-ring (bicyclic) bond motifs is 2. The highest BCUT2D eigenvalue weighted by Crippen LogP contribution is 2.45. The van der Waals surface area contributed by atoms with Gasteiger partial charge in [0.1, 0.15) is 11.6 Å². The lowest BCUT2D eigenvalue weighted by Gasteiger charge is -2.35. The van der Waals surface area contributed by atoms with Crippen molar-refractivity contribution in [2.75, 3.05) is 5.32 Å². The van der Waals surface area contributed by atoms with E-state index in [2.05, 4.69) is 32.4 Å². The number of rotatable bonds is 2. The van der Waals surface area contributed by atoms with Gasteiger partial charge >= 0.3 is 0 Å². The summed E-state index contributed by atoms with van der Waals surface area (Å²) < 4.78 is 2.51. The van der Waals surface area contributed by atoms with E-state index in [1.165, 1.54) is 0 Å². The minimum atomic E-state index is -0.352. The minimum absolute atomic E-state index is 0.126. The van der Waals surface area contributed by atoms with Gasteiger partial charge in [0, 0.05) is 22.5 Å². The van der Waals surface area contributed by atoms with Gasteiger partial charge in [0.2, 0.25) is 0 Å². The fraction of sp³-hybridized carbons (Fsp3) is 0.182. The fourth-order valence-corrected chi connectivity index (χ4v) is 4.52. The quantitative estimate of drug-likeness (QED) is 0.628. The Kier molecular flexibility index (Phi) is 4.09. The minimum Gasteiger partial charge on any atom is -0.343 e. The summed E-state index contributed by atoms with van der Waals surface area (Å²) in [4.78, 5) is 26.3. The second-order valence-electron chi connectivity index (χ2n) is 7.17. The number of hydrogen-bond donors (Lipinski definition) is 2. The summed E-state index contributed by atoms with van der Waals surface area (Å²) in [6.07, 6.45) is 3.32. The number of aromatic nitrogens is 2. The lowest BCUT2D eigenvalue weighted by molar-refractivity contribution is -0.122. The van der Waals surface area contributed by atoms with Gasteiger partial charge in [-0.2, -0.15) is 0 Å². The van der Waals surface area contributed by atoms with Crippen LogP contribution in [0.1, 0.15) is 29.9 Å². The molecular weight excluding hydrogens is 418 g/mol. The number of halogens is 1. The largest absolute Gasteiger partial charge is 0.343 e. The Labute approximate surface area is 170 Å². The molecule has 0 radical (unpaired) electrons. The number of carbonyl (C=O) groups excluding carboxylic acids is 1. The van der Waals surface area contributed by atoms with Crippen LogP contribution >= 0.6 is 15.9 Å². The molecule has 2 aliphatic rings. The van der Waals surface area contributed by atoms with E-state index in [0.29, 0.717) is 17.8 Å². The first-order valence-corrected chi connectivity index (χ1v) is 10.1. The summed E-state index contributed by atoms with van der Waals surface area (Å²) in [6.45, 7) is 0. The van der Waals surface area contributed by atoms with Gasteiger partial charge in [-0.1, -0.05) is 52.3 Å². The molecule has 0 bridgehead atoms. The summed E-state index contributed by atoms with van der Waals surface area (Å²) in [5, 5.41) is 6.53. The van der Waals surface area contributed by atoms with Crippen LogP contribution in [0.3, 0.4) is 0 Å². The number of aromatic amines is 1. The zero-order valence-corrected chi connectivity index (χ0v) is 16.6. The SMILES string of the molecule is O=C1CCC=C2Nc3[nH]n(-c4ccccc4)c(=O)c3[C@@H](c3ccc(Br)cc3)[C@H]12. The van der Waals surface area contributed by atoms with E-state index < -0.39 is 0 Å². The molecule has 2 aromatic carbocycles. The number of hydrogen-bond acceptors (Lipinski definition) is 3. The topological polar surface area (TPSA) is 66.9 Å². The van der Waals surface area contributed by atoms with Crippen LogP contribution < -0.4 is 10.9 Å². The molecule has 28 heavy (non-hydrogen) atoms. The molecule has 0 saturated heterocycles. The maximum Gasteiger partial charge on any atom is 0.277 e. The molecule has 2 heterocycles. The van der Waals surface area contributed by atoms with Gasteiger partial charge in [-0.05, 0) is 36.2 Å².